The largest absolute Gasteiger partial charge is 0.348 e. The van der Waals surface area contributed by atoms with Crippen molar-refractivity contribution in [2.45, 2.75) is 38.9 Å². The van der Waals surface area contributed by atoms with E-state index in [0.717, 1.165) is 19.6 Å². The lowest BCUT2D eigenvalue weighted by molar-refractivity contribution is -0.147. The van der Waals surface area contributed by atoms with Gasteiger partial charge in [0.2, 0.25) is 0 Å². The van der Waals surface area contributed by atoms with Gasteiger partial charge in [-0.25, -0.2) is 0 Å². The van der Waals surface area contributed by atoms with Gasteiger partial charge in [0.15, 0.2) is 5.79 Å². The molecular formula is C8H16O2. The van der Waals surface area contributed by atoms with Gasteiger partial charge in [0, 0.05) is 6.42 Å². The van der Waals surface area contributed by atoms with E-state index in [4.69, 9.17) is 9.47 Å². The number of ether oxygens (including phenoxy) is 2. The van der Waals surface area contributed by atoms with Crippen LogP contribution in [0.2, 0.25) is 0 Å². The zero-order chi connectivity index (χ0) is 7.45. The van der Waals surface area contributed by atoms with Crippen molar-refractivity contribution < 1.29 is 9.47 Å². The van der Waals surface area contributed by atoms with Gasteiger partial charge in [-0.3, -0.25) is 0 Å². The van der Waals surface area contributed by atoms with E-state index in [0.29, 0.717) is 0 Å². The zero-order valence-electron chi connectivity index (χ0n) is 6.85. The summed E-state index contributed by atoms with van der Waals surface area (Å²) in [7, 11) is 0. The van der Waals surface area contributed by atoms with Crippen molar-refractivity contribution in [2.75, 3.05) is 13.2 Å². The summed E-state index contributed by atoms with van der Waals surface area (Å²) in [5.74, 6) is -0.254. The molecule has 2 nitrogen and oxygen atoms in total. The Morgan fingerprint density at radius 2 is 1.90 bits per heavy atom. The van der Waals surface area contributed by atoms with Gasteiger partial charge in [-0.1, -0.05) is 13.3 Å². The van der Waals surface area contributed by atoms with E-state index in [2.05, 4.69) is 6.92 Å². The van der Waals surface area contributed by atoms with Crippen molar-refractivity contribution >= 4 is 0 Å². The second kappa shape index (κ2) is 3.35. The van der Waals surface area contributed by atoms with E-state index < -0.39 is 0 Å². The van der Waals surface area contributed by atoms with E-state index in [1.165, 1.54) is 12.8 Å². The fraction of sp³-hybridized carbons (Fsp3) is 1.00. The molecule has 0 saturated carbocycles. The third-order valence-electron chi connectivity index (χ3n) is 1.88. The zero-order valence-corrected chi connectivity index (χ0v) is 6.85. The highest BCUT2D eigenvalue weighted by molar-refractivity contribution is 4.67. The van der Waals surface area contributed by atoms with E-state index >= 15 is 0 Å². The molecular weight excluding hydrogens is 128 g/mol. The Balaban J connectivity index is 2.22. The fourth-order valence-corrected chi connectivity index (χ4v) is 1.20. The Bertz CT molecular complexity index is 95.4. The van der Waals surface area contributed by atoms with Gasteiger partial charge in [0.25, 0.3) is 0 Å². The average molecular weight is 144 g/mol. The van der Waals surface area contributed by atoms with Gasteiger partial charge < -0.3 is 9.47 Å². The third kappa shape index (κ3) is 1.96. The quantitative estimate of drug-likeness (QED) is 0.602. The van der Waals surface area contributed by atoms with Crippen molar-refractivity contribution in [2.24, 2.45) is 0 Å². The molecule has 0 aromatic heterocycles. The van der Waals surface area contributed by atoms with Crippen LogP contribution in [0.3, 0.4) is 0 Å². The smallest absolute Gasteiger partial charge is 0.165 e. The van der Waals surface area contributed by atoms with E-state index in [9.17, 15) is 0 Å². The molecule has 10 heavy (non-hydrogen) atoms. The van der Waals surface area contributed by atoms with E-state index in [1.807, 2.05) is 6.92 Å². The van der Waals surface area contributed by atoms with Gasteiger partial charge in [0.05, 0.1) is 13.2 Å². The Morgan fingerprint density at radius 1 is 1.30 bits per heavy atom. The summed E-state index contributed by atoms with van der Waals surface area (Å²) in [4.78, 5) is 0. The minimum absolute atomic E-state index is 0.254. The number of rotatable bonds is 3. The summed E-state index contributed by atoms with van der Waals surface area (Å²) in [5.41, 5.74) is 0. The predicted molar refractivity (Wildman–Crippen MR) is 39.8 cm³/mol. The molecule has 0 atom stereocenters. The standard InChI is InChI=1S/C8H16O2/c1-3-4-5-8(2)9-6-7-10-8/h3-7H2,1-2H3. The first-order chi connectivity index (χ1) is 4.77. The molecule has 60 valence electrons. The molecule has 0 amide bonds. The lowest BCUT2D eigenvalue weighted by Gasteiger charge is -2.21. The van der Waals surface area contributed by atoms with Crippen LogP contribution in [0.5, 0.6) is 0 Å². The third-order valence-corrected chi connectivity index (χ3v) is 1.88. The van der Waals surface area contributed by atoms with Crippen LogP contribution in [0.4, 0.5) is 0 Å². The molecule has 0 N–H and O–H groups in total. The highest BCUT2D eigenvalue weighted by Crippen LogP contribution is 2.24. The maximum absolute atomic E-state index is 5.42. The SMILES string of the molecule is CCCCC1(C)OCCO1. The van der Waals surface area contributed by atoms with Crippen molar-refractivity contribution in [3.8, 4) is 0 Å². The Labute approximate surface area is 62.5 Å². The molecule has 0 aromatic carbocycles. The van der Waals surface area contributed by atoms with Crippen LogP contribution < -0.4 is 0 Å². The molecule has 0 spiro atoms. The van der Waals surface area contributed by atoms with Crippen LogP contribution in [0.1, 0.15) is 33.1 Å². The molecule has 1 heterocycles. The molecule has 1 fully saturated rings. The molecule has 1 saturated heterocycles. The molecule has 0 aromatic rings. The van der Waals surface area contributed by atoms with Gasteiger partial charge in [-0.2, -0.15) is 0 Å². The average Bonchev–Trinajstić information content (AvgIpc) is 2.33. The summed E-state index contributed by atoms with van der Waals surface area (Å²) in [6, 6.07) is 0. The van der Waals surface area contributed by atoms with Crippen LogP contribution in [0.15, 0.2) is 0 Å². The van der Waals surface area contributed by atoms with E-state index in [1.54, 1.807) is 0 Å². The fourth-order valence-electron chi connectivity index (χ4n) is 1.20. The van der Waals surface area contributed by atoms with Gasteiger partial charge in [0.1, 0.15) is 0 Å². The molecule has 0 unspecified atom stereocenters. The second-order valence-electron chi connectivity index (χ2n) is 2.93. The summed E-state index contributed by atoms with van der Waals surface area (Å²) >= 11 is 0. The maximum Gasteiger partial charge on any atom is 0.165 e. The van der Waals surface area contributed by atoms with Gasteiger partial charge >= 0.3 is 0 Å². The lowest BCUT2D eigenvalue weighted by atomic mass is 10.1. The van der Waals surface area contributed by atoms with Crippen molar-refractivity contribution in [1.82, 2.24) is 0 Å². The minimum atomic E-state index is -0.254. The summed E-state index contributed by atoms with van der Waals surface area (Å²) in [6.07, 6.45) is 3.43. The Kier molecular flexibility index (Phi) is 2.69. The molecule has 2 heteroatoms. The highest BCUT2D eigenvalue weighted by Gasteiger charge is 2.29. The first-order valence-electron chi connectivity index (χ1n) is 4.05. The minimum Gasteiger partial charge on any atom is -0.348 e. The van der Waals surface area contributed by atoms with Crippen LogP contribution >= 0.6 is 0 Å². The van der Waals surface area contributed by atoms with Crippen LogP contribution in [0, 0.1) is 0 Å². The Morgan fingerprint density at radius 3 is 2.40 bits per heavy atom. The molecule has 0 bridgehead atoms. The summed E-state index contributed by atoms with van der Waals surface area (Å²) in [5, 5.41) is 0. The maximum atomic E-state index is 5.42. The van der Waals surface area contributed by atoms with Crippen molar-refractivity contribution in [3.05, 3.63) is 0 Å². The molecule has 1 aliphatic heterocycles. The summed E-state index contributed by atoms with van der Waals surface area (Å²) < 4.78 is 10.8. The second-order valence-corrected chi connectivity index (χ2v) is 2.93. The number of hydrogen-bond donors (Lipinski definition) is 0. The predicted octanol–water partition coefficient (Wildman–Crippen LogP) is 1.94. The lowest BCUT2D eigenvalue weighted by Crippen LogP contribution is -2.24. The number of hydrogen-bond acceptors (Lipinski definition) is 2. The van der Waals surface area contributed by atoms with Crippen LogP contribution in [-0.4, -0.2) is 19.0 Å². The monoisotopic (exact) mass is 144 g/mol. The van der Waals surface area contributed by atoms with Gasteiger partial charge in [-0.05, 0) is 13.3 Å². The van der Waals surface area contributed by atoms with Crippen LogP contribution in [-0.2, 0) is 9.47 Å². The molecule has 1 aliphatic rings. The van der Waals surface area contributed by atoms with E-state index in [-0.39, 0.29) is 5.79 Å². The van der Waals surface area contributed by atoms with Crippen molar-refractivity contribution in [1.29, 1.82) is 0 Å². The van der Waals surface area contributed by atoms with Crippen molar-refractivity contribution in [3.63, 3.8) is 0 Å². The highest BCUT2D eigenvalue weighted by atomic mass is 16.7. The first kappa shape index (κ1) is 8.02. The topological polar surface area (TPSA) is 18.5 Å². The molecule has 1 rings (SSSR count). The Hall–Kier alpha value is -0.0800. The van der Waals surface area contributed by atoms with Crippen LogP contribution in [0.25, 0.3) is 0 Å². The normalized spacial score (nSPS) is 23.4. The first-order valence-corrected chi connectivity index (χ1v) is 4.05. The summed E-state index contributed by atoms with van der Waals surface area (Å²) in [6.45, 7) is 5.73. The molecule has 0 aliphatic carbocycles. The molecule has 0 radical (unpaired) electrons. The van der Waals surface area contributed by atoms with Gasteiger partial charge in [-0.15, -0.1) is 0 Å². The number of unbranched alkanes of at least 4 members (excludes halogenated alkanes) is 1.